The van der Waals surface area contributed by atoms with Gasteiger partial charge < -0.3 is 19.5 Å². The van der Waals surface area contributed by atoms with Crippen molar-refractivity contribution >= 4 is 11.7 Å². The Kier molecular flexibility index (Phi) is 3.29. The maximum absolute atomic E-state index is 12.8. The van der Waals surface area contributed by atoms with Crippen molar-refractivity contribution in [3.8, 4) is 17.2 Å². The predicted molar refractivity (Wildman–Crippen MR) is 96.0 cm³/mol. The van der Waals surface area contributed by atoms with E-state index in [-0.39, 0.29) is 31.0 Å². The van der Waals surface area contributed by atoms with Gasteiger partial charge in [0.15, 0.2) is 11.5 Å². The zero-order chi connectivity index (χ0) is 17.8. The number of anilines is 1. The third kappa shape index (κ3) is 2.21. The van der Waals surface area contributed by atoms with Gasteiger partial charge in [-0.3, -0.25) is 4.90 Å². The van der Waals surface area contributed by atoms with Crippen LogP contribution >= 0.6 is 0 Å². The molecule has 6 nitrogen and oxygen atoms in total. The summed E-state index contributed by atoms with van der Waals surface area (Å²) in [6.07, 6.45) is 0.612. The van der Waals surface area contributed by atoms with Gasteiger partial charge in [0.2, 0.25) is 6.79 Å². The number of ether oxygens (including phenoxy) is 3. The first-order valence-electron chi connectivity index (χ1n) is 8.89. The lowest BCUT2D eigenvalue weighted by molar-refractivity contribution is 0.171. The van der Waals surface area contributed by atoms with E-state index in [2.05, 4.69) is 11.4 Å². The molecule has 2 aromatic carbocycles. The smallest absolute Gasteiger partial charge is 0.322 e. The second kappa shape index (κ2) is 5.56. The van der Waals surface area contributed by atoms with Crippen molar-refractivity contribution < 1.29 is 19.0 Å². The third-order valence-electron chi connectivity index (χ3n) is 5.17. The lowest BCUT2D eigenvalue weighted by Crippen LogP contribution is -2.52. The van der Waals surface area contributed by atoms with Crippen molar-refractivity contribution in [3.63, 3.8) is 0 Å². The molecule has 134 valence electrons. The molecule has 3 heterocycles. The fourth-order valence-electron chi connectivity index (χ4n) is 4.00. The van der Waals surface area contributed by atoms with Crippen molar-refractivity contribution in [3.05, 3.63) is 47.5 Å². The standard InChI is InChI=1S/C20H20N2O4/c1-11(2)22-14-9-17-16(24-10-25-17)8-13(14)19(21-20(22)23)18-7-12-5-3-4-6-15(12)26-18/h3-6,8-9,11,18-19H,7,10H2,1-2H3,(H,21,23). The van der Waals surface area contributed by atoms with Gasteiger partial charge in [0, 0.05) is 24.1 Å². The first-order valence-corrected chi connectivity index (χ1v) is 8.89. The van der Waals surface area contributed by atoms with Gasteiger partial charge in [-0.2, -0.15) is 0 Å². The Hall–Kier alpha value is -2.89. The van der Waals surface area contributed by atoms with E-state index in [4.69, 9.17) is 14.2 Å². The highest BCUT2D eigenvalue weighted by molar-refractivity contribution is 5.96. The molecule has 0 aromatic heterocycles. The van der Waals surface area contributed by atoms with Crippen LogP contribution in [0.4, 0.5) is 10.5 Å². The molecule has 5 rings (SSSR count). The van der Waals surface area contributed by atoms with E-state index in [0.717, 1.165) is 23.4 Å². The van der Waals surface area contributed by atoms with E-state index in [1.807, 2.05) is 44.2 Å². The van der Waals surface area contributed by atoms with Crippen LogP contribution < -0.4 is 24.4 Å². The number of hydrogen-bond donors (Lipinski definition) is 1. The fourth-order valence-corrected chi connectivity index (χ4v) is 4.00. The van der Waals surface area contributed by atoms with E-state index in [1.165, 1.54) is 5.56 Å². The highest BCUT2D eigenvalue weighted by atomic mass is 16.7. The largest absolute Gasteiger partial charge is 0.487 e. The summed E-state index contributed by atoms with van der Waals surface area (Å²) < 4.78 is 17.3. The minimum atomic E-state index is -0.241. The van der Waals surface area contributed by atoms with Crippen LogP contribution in [0.1, 0.15) is 31.0 Å². The van der Waals surface area contributed by atoms with Crippen LogP contribution in [0.2, 0.25) is 0 Å². The SMILES string of the molecule is CC(C)N1C(=O)NC(C2Cc3ccccc3O2)c2cc3c(cc21)OCO3. The molecule has 0 bridgehead atoms. The van der Waals surface area contributed by atoms with Crippen molar-refractivity contribution in [2.75, 3.05) is 11.7 Å². The van der Waals surface area contributed by atoms with Crippen LogP contribution in [0.5, 0.6) is 17.2 Å². The summed E-state index contributed by atoms with van der Waals surface area (Å²) >= 11 is 0. The maximum Gasteiger partial charge on any atom is 0.322 e. The van der Waals surface area contributed by atoms with Crippen molar-refractivity contribution in [2.45, 2.75) is 38.5 Å². The summed E-state index contributed by atoms with van der Waals surface area (Å²) in [5.41, 5.74) is 3.03. The van der Waals surface area contributed by atoms with Crippen LogP contribution in [-0.4, -0.2) is 25.0 Å². The van der Waals surface area contributed by atoms with E-state index < -0.39 is 0 Å². The molecule has 3 aliphatic rings. The number of rotatable bonds is 2. The summed E-state index contributed by atoms with van der Waals surface area (Å²) in [4.78, 5) is 14.6. The van der Waals surface area contributed by atoms with Gasteiger partial charge in [0.25, 0.3) is 0 Å². The lowest BCUT2D eigenvalue weighted by atomic mass is 9.93. The van der Waals surface area contributed by atoms with Gasteiger partial charge in [-0.05, 0) is 31.5 Å². The number of amides is 2. The molecule has 6 heteroatoms. The molecule has 2 unspecified atom stereocenters. The number of hydrogen-bond acceptors (Lipinski definition) is 4. The second-order valence-electron chi connectivity index (χ2n) is 7.12. The molecular formula is C20H20N2O4. The second-order valence-corrected chi connectivity index (χ2v) is 7.12. The maximum atomic E-state index is 12.8. The molecule has 0 spiro atoms. The zero-order valence-electron chi connectivity index (χ0n) is 14.7. The molecule has 2 amide bonds. The Bertz CT molecular complexity index is 870. The summed E-state index contributed by atoms with van der Waals surface area (Å²) in [6, 6.07) is 11.6. The average Bonchev–Trinajstić information content (AvgIpc) is 3.24. The summed E-state index contributed by atoms with van der Waals surface area (Å²) in [7, 11) is 0. The summed E-state index contributed by atoms with van der Waals surface area (Å²) in [6.45, 7) is 4.20. The topological polar surface area (TPSA) is 60.0 Å². The van der Waals surface area contributed by atoms with Crippen LogP contribution in [-0.2, 0) is 6.42 Å². The molecule has 2 atom stereocenters. The first-order chi connectivity index (χ1) is 12.6. The van der Waals surface area contributed by atoms with E-state index in [1.54, 1.807) is 4.90 Å². The molecule has 0 saturated carbocycles. The van der Waals surface area contributed by atoms with Crippen molar-refractivity contribution in [2.24, 2.45) is 0 Å². The Labute approximate surface area is 151 Å². The number of nitrogens with zero attached hydrogens (tertiary/aromatic N) is 1. The molecule has 0 fully saturated rings. The number of nitrogens with one attached hydrogen (secondary N) is 1. The van der Waals surface area contributed by atoms with Crippen LogP contribution in [0, 0.1) is 0 Å². The molecule has 3 aliphatic heterocycles. The van der Waals surface area contributed by atoms with Gasteiger partial charge in [0.05, 0.1) is 11.7 Å². The molecular weight excluding hydrogens is 332 g/mol. The summed E-state index contributed by atoms with van der Waals surface area (Å²) in [5, 5.41) is 3.14. The van der Waals surface area contributed by atoms with Crippen LogP contribution in [0.25, 0.3) is 0 Å². The Morgan fingerprint density at radius 2 is 1.88 bits per heavy atom. The number of fused-ring (bicyclic) bond motifs is 3. The van der Waals surface area contributed by atoms with E-state index in [9.17, 15) is 4.79 Å². The molecule has 1 N–H and O–H groups in total. The average molecular weight is 352 g/mol. The van der Waals surface area contributed by atoms with Gasteiger partial charge >= 0.3 is 6.03 Å². The zero-order valence-corrected chi connectivity index (χ0v) is 14.7. The van der Waals surface area contributed by atoms with Crippen molar-refractivity contribution in [1.29, 1.82) is 0 Å². The first kappa shape index (κ1) is 15.4. The van der Waals surface area contributed by atoms with Crippen LogP contribution in [0.15, 0.2) is 36.4 Å². The minimum Gasteiger partial charge on any atom is -0.487 e. The lowest BCUT2D eigenvalue weighted by Gasteiger charge is -2.39. The Morgan fingerprint density at radius 3 is 2.65 bits per heavy atom. The van der Waals surface area contributed by atoms with Gasteiger partial charge in [-0.25, -0.2) is 4.79 Å². The predicted octanol–water partition coefficient (Wildman–Crippen LogP) is 3.40. The number of urea groups is 1. The molecule has 2 aromatic rings. The van der Waals surface area contributed by atoms with E-state index >= 15 is 0 Å². The number of carbonyl (C=O) groups excluding carboxylic acids is 1. The molecule has 26 heavy (non-hydrogen) atoms. The van der Waals surface area contributed by atoms with Gasteiger partial charge in [0.1, 0.15) is 11.9 Å². The summed E-state index contributed by atoms with van der Waals surface area (Å²) in [5.74, 6) is 2.28. The molecule has 0 saturated heterocycles. The highest BCUT2D eigenvalue weighted by Gasteiger charge is 2.41. The number of para-hydroxylation sites is 1. The van der Waals surface area contributed by atoms with Gasteiger partial charge in [-0.15, -0.1) is 0 Å². The highest BCUT2D eigenvalue weighted by Crippen LogP contribution is 2.45. The normalized spacial score (nSPS) is 22.7. The monoisotopic (exact) mass is 352 g/mol. The van der Waals surface area contributed by atoms with Gasteiger partial charge in [-0.1, -0.05) is 18.2 Å². The molecule has 0 aliphatic carbocycles. The molecule has 0 radical (unpaired) electrons. The fraction of sp³-hybridized carbons (Fsp3) is 0.350. The van der Waals surface area contributed by atoms with E-state index in [0.29, 0.717) is 11.5 Å². The van der Waals surface area contributed by atoms with Crippen molar-refractivity contribution in [1.82, 2.24) is 5.32 Å². The Balaban J connectivity index is 1.58. The quantitative estimate of drug-likeness (QED) is 0.900. The third-order valence-corrected chi connectivity index (χ3v) is 5.17. The minimum absolute atomic E-state index is 0.0248. The number of carbonyl (C=O) groups is 1. The van der Waals surface area contributed by atoms with Crippen LogP contribution in [0.3, 0.4) is 0 Å². The number of benzene rings is 2. The Morgan fingerprint density at radius 1 is 1.12 bits per heavy atom.